The minimum absolute atomic E-state index is 0.176. The second kappa shape index (κ2) is 9.69. The molecule has 0 radical (unpaired) electrons. The first-order valence-corrected chi connectivity index (χ1v) is 12.8. The van der Waals surface area contributed by atoms with Gasteiger partial charge in [0.15, 0.2) is 11.6 Å². The van der Waals surface area contributed by atoms with E-state index in [1.807, 2.05) is 0 Å². The maximum Gasteiger partial charge on any atom is 0.269 e. The number of imide groups is 1. The molecule has 2 saturated heterocycles. The first-order chi connectivity index (χ1) is 19.3. The summed E-state index contributed by atoms with van der Waals surface area (Å²) >= 11 is 6.01. The molecule has 3 aliphatic rings. The quantitative estimate of drug-likeness (QED) is 0.189. The molecule has 40 heavy (non-hydrogen) atoms. The summed E-state index contributed by atoms with van der Waals surface area (Å²) in [4.78, 5) is 68.0. The molecule has 4 atom stereocenters. The number of non-ortho nitro benzene ring substituents is 1. The van der Waals surface area contributed by atoms with E-state index in [9.17, 15) is 29.3 Å². The molecule has 3 aliphatic heterocycles. The number of fused-ring (bicyclic) bond motifs is 3. The minimum atomic E-state index is -1.04. The third-order valence-corrected chi connectivity index (χ3v) is 7.81. The molecule has 2 fully saturated rings. The zero-order valence-electron chi connectivity index (χ0n) is 20.7. The number of nitrogens with zero attached hydrogens (tertiary/aromatic N) is 3. The van der Waals surface area contributed by atoms with Gasteiger partial charge in [-0.25, -0.2) is 4.90 Å². The van der Waals surface area contributed by atoms with E-state index in [1.54, 1.807) is 77.8 Å². The van der Waals surface area contributed by atoms with Gasteiger partial charge in [-0.05, 0) is 42.5 Å². The van der Waals surface area contributed by atoms with Gasteiger partial charge in [0, 0.05) is 40.1 Å². The number of hydrogen-bond acceptors (Lipinski definition) is 7. The van der Waals surface area contributed by atoms with Crippen molar-refractivity contribution in [2.24, 2.45) is 11.8 Å². The number of halogens is 1. The predicted molar refractivity (Wildman–Crippen MR) is 146 cm³/mol. The van der Waals surface area contributed by atoms with E-state index in [2.05, 4.69) is 0 Å². The highest BCUT2D eigenvalue weighted by molar-refractivity contribution is 6.30. The molecule has 3 aromatic carbocycles. The monoisotopic (exact) mass is 553 g/mol. The molecule has 3 aromatic rings. The van der Waals surface area contributed by atoms with Gasteiger partial charge in [-0.3, -0.25) is 29.3 Å². The van der Waals surface area contributed by atoms with Crippen molar-refractivity contribution in [3.63, 3.8) is 0 Å². The predicted octanol–water partition coefficient (Wildman–Crippen LogP) is 4.63. The van der Waals surface area contributed by atoms with Crippen LogP contribution in [-0.2, 0) is 9.59 Å². The Balaban J connectivity index is 1.42. The van der Waals surface area contributed by atoms with E-state index >= 15 is 0 Å². The van der Waals surface area contributed by atoms with Gasteiger partial charge in [0.2, 0.25) is 11.8 Å². The summed E-state index contributed by atoms with van der Waals surface area (Å²) in [6.45, 7) is 0. The Morgan fingerprint density at radius 3 is 2.12 bits per heavy atom. The molecule has 198 valence electrons. The fourth-order valence-corrected chi connectivity index (χ4v) is 5.84. The van der Waals surface area contributed by atoms with Crippen LogP contribution in [0, 0.1) is 22.0 Å². The number of carbonyl (C=O) groups is 4. The fourth-order valence-electron chi connectivity index (χ4n) is 5.72. The lowest BCUT2D eigenvalue weighted by molar-refractivity contribution is -0.384. The van der Waals surface area contributed by atoms with E-state index in [-0.39, 0.29) is 22.9 Å². The van der Waals surface area contributed by atoms with Crippen molar-refractivity contribution >= 4 is 46.4 Å². The minimum Gasteiger partial charge on any atom is -0.359 e. The summed E-state index contributed by atoms with van der Waals surface area (Å²) in [5.74, 6) is -3.72. The van der Waals surface area contributed by atoms with E-state index in [0.717, 1.165) is 4.90 Å². The lowest BCUT2D eigenvalue weighted by Crippen LogP contribution is -2.46. The van der Waals surface area contributed by atoms with E-state index in [0.29, 0.717) is 21.7 Å². The SMILES string of the molecule is O=C(C1=C[C@@H]2[C@@H]3C(=O)N(c4ccc([N+](=O)[O-])cc4)C(=O)[C@@H]3[C@H](C(=O)c3ccc(Cl)cc3)N2C=C1)c1ccccc1. The van der Waals surface area contributed by atoms with Crippen LogP contribution in [-0.4, -0.2) is 45.3 Å². The Hall–Kier alpha value is -4.89. The molecule has 3 heterocycles. The van der Waals surface area contributed by atoms with E-state index < -0.39 is 40.7 Å². The van der Waals surface area contributed by atoms with Crippen LogP contribution >= 0.6 is 11.6 Å². The van der Waals surface area contributed by atoms with Gasteiger partial charge < -0.3 is 4.90 Å². The van der Waals surface area contributed by atoms with E-state index in [4.69, 9.17) is 11.6 Å². The number of nitro groups is 1. The average Bonchev–Trinajstić information content (AvgIpc) is 3.44. The average molecular weight is 554 g/mol. The molecule has 0 aliphatic carbocycles. The molecule has 0 aromatic heterocycles. The smallest absolute Gasteiger partial charge is 0.269 e. The van der Waals surface area contributed by atoms with Crippen molar-refractivity contribution in [2.45, 2.75) is 12.1 Å². The first-order valence-electron chi connectivity index (χ1n) is 12.5. The van der Waals surface area contributed by atoms with Gasteiger partial charge in [-0.2, -0.15) is 0 Å². The summed E-state index contributed by atoms with van der Waals surface area (Å²) in [7, 11) is 0. The van der Waals surface area contributed by atoms with Gasteiger partial charge in [0.25, 0.3) is 5.69 Å². The molecule has 0 N–H and O–H groups in total. The summed E-state index contributed by atoms with van der Waals surface area (Å²) in [6.07, 6.45) is 4.85. The maximum absolute atomic E-state index is 13.9. The molecule has 0 unspecified atom stereocenters. The molecule has 10 heteroatoms. The van der Waals surface area contributed by atoms with Crippen LogP contribution in [0.1, 0.15) is 20.7 Å². The van der Waals surface area contributed by atoms with Gasteiger partial charge in [-0.1, -0.05) is 48.0 Å². The van der Waals surface area contributed by atoms with Crippen molar-refractivity contribution in [2.75, 3.05) is 4.90 Å². The molecular weight excluding hydrogens is 534 g/mol. The number of hydrogen-bond donors (Lipinski definition) is 0. The third kappa shape index (κ3) is 4.02. The first kappa shape index (κ1) is 25.4. The lowest BCUT2D eigenvalue weighted by atomic mass is 9.85. The van der Waals surface area contributed by atoms with Crippen LogP contribution in [0.5, 0.6) is 0 Å². The maximum atomic E-state index is 13.9. The second-order valence-corrected chi connectivity index (χ2v) is 10.2. The fraction of sp³-hybridized carbons (Fsp3) is 0.133. The van der Waals surface area contributed by atoms with Crippen LogP contribution in [0.2, 0.25) is 5.02 Å². The highest BCUT2D eigenvalue weighted by Gasteiger charge is 2.63. The van der Waals surface area contributed by atoms with Crippen LogP contribution in [0.15, 0.2) is 103 Å². The summed E-state index contributed by atoms with van der Waals surface area (Å²) in [5.41, 5.74) is 1.13. The Bertz CT molecular complexity index is 1630. The number of carbonyl (C=O) groups excluding carboxylic acids is 4. The number of nitro benzene ring substituents is 1. The van der Waals surface area contributed by atoms with Crippen LogP contribution in [0.4, 0.5) is 11.4 Å². The Kier molecular flexibility index (Phi) is 6.15. The van der Waals surface area contributed by atoms with Crippen LogP contribution in [0.25, 0.3) is 0 Å². The van der Waals surface area contributed by atoms with Gasteiger partial charge in [0.1, 0.15) is 6.04 Å². The number of Topliss-reactive ketones (excluding diaryl/α,β-unsaturated/α-hetero) is 2. The number of benzene rings is 3. The Morgan fingerprint density at radius 2 is 1.48 bits per heavy atom. The molecule has 2 amide bonds. The zero-order chi connectivity index (χ0) is 28.1. The number of rotatable bonds is 6. The van der Waals surface area contributed by atoms with Crippen molar-refractivity contribution in [3.05, 3.63) is 129 Å². The largest absolute Gasteiger partial charge is 0.359 e. The summed E-state index contributed by atoms with van der Waals surface area (Å²) in [5, 5.41) is 11.6. The number of anilines is 1. The van der Waals surface area contributed by atoms with Gasteiger partial charge in [0.05, 0.1) is 28.5 Å². The zero-order valence-corrected chi connectivity index (χ0v) is 21.5. The third-order valence-electron chi connectivity index (χ3n) is 7.56. The molecular formula is C30H20ClN3O6. The van der Waals surface area contributed by atoms with Crippen molar-refractivity contribution in [3.8, 4) is 0 Å². The topological polar surface area (TPSA) is 118 Å². The second-order valence-electron chi connectivity index (χ2n) is 9.72. The van der Waals surface area contributed by atoms with Crippen LogP contribution < -0.4 is 4.90 Å². The van der Waals surface area contributed by atoms with Gasteiger partial charge >= 0.3 is 0 Å². The highest BCUT2D eigenvalue weighted by Crippen LogP contribution is 2.47. The molecule has 0 bridgehead atoms. The Morgan fingerprint density at radius 1 is 0.825 bits per heavy atom. The van der Waals surface area contributed by atoms with E-state index in [1.165, 1.54) is 24.3 Å². The normalized spacial score (nSPS) is 23.1. The lowest BCUT2D eigenvalue weighted by Gasteiger charge is -2.32. The van der Waals surface area contributed by atoms with Crippen molar-refractivity contribution in [1.29, 1.82) is 0 Å². The molecule has 6 rings (SSSR count). The molecule has 0 saturated carbocycles. The summed E-state index contributed by atoms with van der Waals surface area (Å²) in [6, 6.07) is 18.3. The van der Waals surface area contributed by atoms with Gasteiger partial charge in [-0.15, -0.1) is 0 Å². The molecule has 0 spiro atoms. The number of allylic oxidation sites excluding steroid dienone is 2. The summed E-state index contributed by atoms with van der Waals surface area (Å²) < 4.78 is 0. The van der Waals surface area contributed by atoms with Crippen molar-refractivity contribution in [1.82, 2.24) is 4.90 Å². The number of amides is 2. The Labute approximate surface area is 233 Å². The molecule has 9 nitrogen and oxygen atoms in total. The standard InChI is InChI=1S/C30H20ClN3O6/c31-20-8-6-18(7-9-20)28(36)26-25-24(29(37)33(30(25)38)21-10-12-22(13-11-21)34(39)40)23-16-19(14-15-32(23)26)27(35)17-4-2-1-3-5-17/h1-16,23-26H/t23-,24+,25+,26-/m1/s1. The van der Waals surface area contributed by atoms with Crippen LogP contribution in [0.3, 0.4) is 0 Å². The van der Waals surface area contributed by atoms with Crippen molar-refractivity contribution < 1.29 is 24.1 Å². The highest BCUT2D eigenvalue weighted by atomic mass is 35.5. The number of ketones is 2.